The van der Waals surface area contributed by atoms with E-state index in [1.54, 1.807) is 24.3 Å². The first-order valence-electron chi connectivity index (χ1n) is 7.56. The molecule has 1 aromatic carbocycles. The molecule has 0 aliphatic rings. The molecule has 0 fully saturated rings. The molecule has 136 valence electrons. The van der Waals surface area contributed by atoms with Gasteiger partial charge in [0, 0.05) is 11.3 Å². The van der Waals surface area contributed by atoms with Gasteiger partial charge in [-0.3, -0.25) is 10.1 Å². The number of halogens is 1. The molecule has 7 nitrogen and oxygen atoms in total. The van der Waals surface area contributed by atoms with Crippen LogP contribution in [0.2, 0.25) is 4.34 Å². The minimum atomic E-state index is -3.52. The summed E-state index contributed by atoms with van der Waals surface area (Å²) in [7, 11) is -3.52. The Bertz CT molecular complexity index is 999. The second-order valence-corrected chi connectivity index (χ2v) is 9.22. The van der Waals surface area contributed by atoms with Gasteiger partial charge < -0.3 is 4.42 Å². The zero-order valence-electron chi connectivity index (χ0n) is 13.4. The molecule has 3 aromatic rings. The molecule has 0 atom stereocenters. The van der Waals surface area contributed by atoms with Crippen molar-refractivity contribution < 1.29 is 17.6 Å². The molecule has 2 aromatic heterocycles. The predicted molar refractivity (Wildman–Crippen MR) is 98.2 cm³/mol. The monoisotopic (exact) mass is 411 g/mol. The number of carbonyl (C=O) groups is 1. The molecule has 0 saturated carbocycles. The van der Waals surface area contributed by atoms with Crippen molar-refractivity contribution in [2.75, 3.05) is 11.1 Å². The first kappa shape index (κ1) is 18.6. The molecule has 1 N–H and O–H groups in total. The molecule has 0 bridgehead atoms. The van der Waals surface area contributed by atoms with E-state index in [1.807, 2.05) is 6.07 Å². The maximum absolute atomic E-state index is 12.2. The van der Waals surface area contributed by atoms with Crippen molar-refractivity contribution in [2.45, 2.75) is 17.7 Å². The molecule has 0 unspecified atom stereocenters. The molecule has 3 rings (SSSR count). The Morgan fingerprint density at radius 1 is 1.15 bits per heavy atom. The number of anilines is 1. The Morgan fingerprint density at radius 3 is 2.62 bits per heavy atom. The molecular weight excluding hydrogens is 398 g/mol. The van der Waals surface area contributed by atoms with Gasteiger partial charge in [0.1, 0.15) is 0 Å². The van der Waals surface area contributed by atoms with Crippen molar-refractivity contribution in [1.29, 1.82) is 0 Å². The Balaban J connectivity index is 1.54. The molecule has 2 heterocycles. The third-order valence-corrected chi connectivity index (χ3v) is 6.33. The molecule has 0 aliphatic carbocycles. The molecule has 0 spiro atoms. The highest BCUT2D eigenvalue weighted by Crippen LogP contribution is 2.23. The number of thiophene rings is 1. The second-order valence-electron chi connectivity index (χ2n) is 5.31. The number of hydrogen-bond donors (Lipinski definition) is 1. The van der Waals surface area contributed by atoms with Gasteiger partial charge in [0.2, 0.25) is 11.8 Å². The van der Waals surface area contributed by atoms with E-state index in [4.69, 9.17) is 16.0 Å². The quantitative estimate of drug-likeness (QED) is 0.640. The van der Waals surface area contributed by atoms with Gasteiger partial charge in [-0.1, -0.05) is 34.9 Å². The Hall–Kier alpha value is -2.23. The lowest BCUT2D eigenvalue weighted by Crippen LogP contribution is -2.17. The van der Waals surface area contributed by atoms with Crippen molar-refractivity contribution in [3.05, 3.63) is 57.6 Å². The SMILES string of the molecule is O=C(CCS(=O)(=O)c1ccccc1)Nc1nnc(Cc2ccc(Cl)s2)o1. The van der Waals surface area contributed by atoms with Crippen LogP contribution in [0, 0.1) is 0 Å². The lowest BCUT2D eigenvalue weighted by Gasteiger charge is -2.03. The number of hydrogen-bond acceptors (Lipinski definition) is 7. The standard InChI is InChI=1S/C16H14ClN3O4S2/c17-13-7-6-11(25-13)10-15-19-20-16(24-15)18-14(21)8-9-26(22,23)12-4-2-1-3-5-12/h1-7H,8-10H2,(H,18,20,21). The lowest BCUT2D eigenvalue weighted by molar-refractivity contribution is -0.116. The Labute approximate surface area is 158 Å². The van der Waals surface area contributed by atoms with E-state index in [0.717, 1.165) is 4.88 Å². The summed E-state index contributed by atoms with van der Waals surface area (Å²) in [4.78, 5) is 13.1. The van der Waals surface area contributed by atoms with Crippen LogP contribution in [0.4, 0.5) is 6.01 Å². The van der Waals surface area contributed by atoms with Gasteiger partial charge in [-0.2, -0.15) is 0 Å². The van der Waals surface area contributed by atoms with E-state index in [0.29, 0.717) is 16.6 Å². The highest BCUT2D eigenvalue weighted by atomic mass is 35.5. The van der Waals surface area contributed by atoms with Gasteiger partial charge in [0.25, 0.3) is 0 Å². The number of amides is 1. The summed E-state index contributed by atoms with van der Waals surface area (Å²) >= 11 is 7.26. The van der Waals surface area contributed by atoms with Gasteiger partial charge >= 0.3 is 6.01 Å². The summed E-state index contributed by atoms with van der Waals surface area (Å²) in [6, 6.07) is 11.5. The fourth-order valence-corrected chi connectivity index (χ4v) is 4.47. The van der Waals surface area contributed by atoms with Crippen LogP contribution in [0.1, 0.15) is 17.2 Å². The maximum Gasteiger partial charge on any atom is 0.322 e. The van der Waals surface area contributed by atoms with E-state index in [9.17, 15) is 13.2 Å². The van der Waals surface area contributed by atoms with E-state index < -0.39 is 15.7 Å². The summed E-state index contributed by atoms with van der Waals surface area (Å²) in [5.74, 6) is -0.494. The van der Waals surface area contributed by atoms with Gasteiger partial charge in [-0.25, -0.2) is 8.42 Å². The third kappa shape index (κ3) is 4.90. The van der Waals surface area contributed by atoms with E-state index >= 15 is 0 Å². The van der Waals surface area contributed by atoms with E-state index in [-0.39, 0.29) is 23.1 Å². The van der Waals surface area contributed by atoms with E-state index in [1.165, 1.54) is 23.5 Å². The van der Waals surface area contributed by atoms with Crippen LogP contribution in [0.15, 0.2) is 51.8 Å². The van der Waals surface area contributed by atoms with Crippen LogP contribution >= 0.6 is 22.9 Å². The minimum absolute atomic E-state index is 0.0650. The lowest BCUT2D eigenvalue weighted by atomic mass is 10.3. The summed E-state index contributed by atoms with van der Waals surface area (Å²) in [6.07, 6.45) is 0.193. The highest BCUT2D eigenvalue weighted by molar-refractivity contribution is 7.91. The maximum atomic E-state index is 12.2. The average Bonchev–Trinajstić information content (AvgIpc) is 3.23. The van der Waals surface area contributed by atoms with Crippen molar-refractivity contribution in [2.24, 2.45) is 0 Å². The van der Waals surface area contributed by atoms with E-state index in [2.05, 4.69) is 15.5 Å². The first-order valence-corrected chi connectivity index (χ1v) is 10.4. The van der Waals surface area contributed by atoms with Crippen molar-refractivity contribution in [3.63, 3.8) is 0 Å². The van der Waals surface area contributed by atoms with Crippen LogP contribution in [0.5, 0.6) is 0 Å². The Morgan fingerprint density at radius 2 is 1.92 bits per heavy atom. The van der Waals surface area contributed by atoms with Crippen LogP contribution in [-0.2, 0) is 21.1 Å². The Kier molecular flexibility index (Phi) is 5.70. The zero-order valence-corrected chi connectivity index (χ0v) is 15.8. The molecule has 26 heavy (non-hydrogen) atoms. The third-order valence-electron chi connectivity index (χ3n) is 3.37. The zero-order chi connectivity index (χ0) is 18.6. The van der Waals surface area contributed by atoms with Crippen LogP contribution in [0.3, 0.4) is 0 Å². The van der Waals surface area contributed by atoms with Crippen molar-refractivity contribution >= 4 is 44.7 Å². The predicted octanol–water partition coefficient (Wildman–Crippen LogP) is 3.18. The normalized spacial score (nSPS) is 11.4. The fraction of sp³-hybridized carbons (Fsp3) is 0.188. The summed E-state index contributed by atoms with van der Waals surface area (Å²) in [5, 5.41) is 9.99. The molecule has 0 aliphatic heterocycles. The molecule has 0 radical (unpaired) electrons. The molecule has 0 saturated heterocycles. The van der Waals surface area contributed by atoms with Crippen LogP contribution < -0.4 is 5.32 Å². The summed E-state index contributed by atoms with van der Waals surface area (Å²) in [5.41, 5.74) is 0. The number of sulfone groups is 1. The average molecular weight is 412 g/mol. The largest absolute Gasteiger partial charge is 0.407 e. The van der Waals surface area contributed by atoms with Crippen molar-refractivity contribution in [1.82, 2.24) is 10.2 Å². The highest BCUT2D eigenvalue weighted by Gasteiger charge is 2.17. The number of rotatable bonds is 7. The fourth-order valence-electron chi connectivity index (χ4n) is 2.13. The topological polar surface area (TPSA) is 102 Å². The number of benzene rings is 1. The summed E-state index contributed by atoms with van der Waals surface area (Å²) < 4.78 is 30.3. The van der Waals surface area contributed by atoms with Crippen LogP contribution in [-0.4, -0.2) is 30.3 Å². The number of nitrogens with zero attached hydrogens (tertiary/aromatic N) is 2. The van der Waals surface area contributed by atoms with Gasteiger partial charge in [-0.15, -0.1) is 16.4 Å². The minimum Gasteiger partial charge on any atom is -0.407 e. The van der Waals surface area contributed by atoms with Gasteiger partial charge in [0.15, 0.2) is 9.84 Å². The smallest absolute Gasteiger partial charge is 0.322 e. The summed E-state index contributed by atoms with van der Waals surface area (Å²) in [6.45, 7) is 0. The van der Waals surface area contributed by atoms with Crippen molar-refractivity contribution in [3.8, 4) is 0 Å². The van der Waals surface area contributed by atoms with Gasteiger partial charge in [-0.05, 0) is 24.3 Å². The first-order chi connectivity index (χ1) is 12.4. The molecule has 1 amide bonds. The molecular formula is C16H14ClN3O4S2. The number of nitrogens with one attached hydrogen (secondary N) is 1. The van der Waals surface area contributed by atoms with Crippen LogP contribution in [0.25, 0.3) is 0 Å². The van der Waals surface area contributed by atoms with Gasteiger partial charge in [0.05, 0.1) is 21.4 Å². The number of aromatic nitrogens is 2. The number of carbonyl (C=O) groups excluding carboxylic acids is 1. The molecule has 10 heteroatoms. The second kappa shape index (κ2) is 7.98.